The molecule has 2 amide bonds. The lowest BCUT2D eigenvalue weighted by Gasteiger charge is -2.35. The average molecular weight is 493 g/mol. The Balaban J connectivity index is 1.10. The van der Waals surface area contributed by atoms with Gasteiger partial charge in [-0.2, -0.15) is 0 Å². The molecule has 8 heteroatoms. The fourth-order valence-electron chi connectivity index (χ4n) is 5.02. The normalized spacial score (nSPS) is 19.9. The van der Waals surface area contributed by atoms with E-state index in [1.165, 1.54) is 11.1 Å². The molecule has 0 saturated carbocycles. The zero-order valence-electron chi connectivity index (χ0n) is 20.9. The van der Waals surface area contributed by atoms with E-state index in [1.807, 2.05) is 58.3 Å². The van der Waals surface area contributed by atoms with Crippen LogP contribution < -0.4 is 0 Å². The van der Waals surface area contributed by atoms with E-state index in [2.05, 4.69) is 9.80 Å². The van der Waals surface area contributed by atoms with Crippen LogP contribution in [0.25, 0.3) is 0 Å². The molecule has 0 atom stereocenters. The number of rotatable bonds is 6. The van der Waals surface area contributed by atoms with E-state index in [4.69, 9.17) is 9.47 Å². The minimum atomic E-state index is 0.0347. The third-order valence-electron chi connectivity index (χ3n) is 7.28. The van der Waals surface area contributed by atoms with Gasteiger partial charge in [-0.3, -0.25) is 19.4 Å². The largest absolute Gasteiger partial charge is 0.379 e. The standard InChI is InChI=1S/C28H36N4O4/c33-27(25-5-1-23(2-6-25)21-29-13-17-35-18-14-29)31-9-11-32(12-10-31)28(34)26-7-3-24(4-8-26)22-30-15-19-36-20-16-30/h1-8H,9-22H2. The first-order chi connectivity index (χ1) is 17.7. The Hall–Kier alpha value is -2.78. The van der Waals surface area contributed by atoms with Crippen molar-refractivity contribution in [2.45, 2.75) is 13.1 Å². The molecule has 3 aliphatic rings. The molecular formula is C28H36N4O4. The third kappa shape index (κ3) is 6.31. The number of hydrogen-bond donors (Lipinski definition) is 0. The summed E-state index contributed by atoms with van der Waals surface area (Å²) in [7, 11) is 0. The van der Waals surface area contributed by atoms with Crippen LogP contribution in [-0.2, 0) is 22.6 Å². The molecule has 3 saturated heterocycles. The van der Waals surface area contributed by atoms with Crippen LogP contribution in [0.4, 0.5) is 0 Å². The highest BCUT2D eigenvalue weighted by Crippen LogP contribution is 2.15. The number of carbonyl (C=O) groups excluding carboxylic acids is 2. The summed E-state index contributed by atoms with van der Waals surface area (Å²) in [5.41, 5.74) is 3.83. The van der Waals surface area contributed by atoms with Crippen LogP contribution in [0.1, 0.15) is 31.8 Å². The SMILES string of the molecule is O=C(c1ccc(CN2CCOCC2)cc1)N1CCN(C(=O)c2ccc(CN3CCOCC3)cc2)CC1. The predicted molar refractivity (Wildman–Crippen MR) is 137 cm³/mol. The molecule has 0 bridgehead atoms. The van der Waals surface area contributed by atoms with Crippen molar-refractivity contribution in [3.8, 4) is 0 Å². The molecule has 8 nitrogen and oxygen atoms in total. The Bertz CT molecular complexity index is 923. The monoisotopic (exact) mass is 492 g/mol. The molecule has 3 heterocycles. The molecule has 3 aliphatic heterocycles. The quantitative estimate of drug-likeness (QED) is 0.614. The van der Waals surface area contributed by atoms with E-state index >= 15 is 0 Å². The van der Waals surface area contributed by atoms with E-state index < -0.39 is 0 Å². The highest BCUT2D eigenvalue weighted by atomic mass is 16.5. The lowest BCUT2D eigenvalue weighted by molar-refractivity contribution is 0.0341. The number of morpholine rings is 2. The lowest BCUT2D eigenvalue weighted by Crippen LogP contribution is -2.50. The maximum atomic E-state index is 13.0. The molecular weight excluding hydrogens is 456 g/mol. The van der Waals surface area contributed by atoms with Gasteiger partial charge in [-0.05, 0) is 35.4 Å². The van der Waals surface area contributed by atoms with Crippen LogP contribution >= 0.6 is 0 Å². The maximum absolute atomic E-state index is 13.0. The minimum Gasteiger partial charge on any atom is -0.379 e. The Morgan fingerprint density at radius 2 is 0.861 bits per heavy atom. The molecule has 36 heavy (non-hydrogen) atoms. The minimum absolute atomic E-state index is 0.0347. The second-order valence-electron chi connectivity index (χ2n) is 9.76. The molecule has 5 rings (SSSR count). The van der Waals surface area contributed by atoms with Gasteiger partial charge in [0.15, 0.2) is 0 Å². The van der Waals surface area contributed by atoms with Gasteiger partial charge in [0.1, 0.15) is 0 Å². The first kappa shape index (κ1) is 24.9. The summed E-state index contributed by atoms with van der Waals surface area (Å²) in [4.78, 5) is 34.5. The van der Waals surface area contributed by atoms with Crippen LogP contribution in [-0.4, -0.2) is 110 Å². The smallest absolute Gasteiger partial charge is 0.253 e. The lowest BCUT2D eigenvalue weighted by atomic mass is 10.1. The van der Waals surface area contributed by atoms with E-state index in [9.17, 15) is 9.59 Å². The number of amides is 2. The van der Waals surface area contributed by atoms with Gasteiger partial charge in [0.05, 0.1) is 26.4 Å². The summed E-state index contributed by atoms with van der Waals surface area (Å²) >= 11 is 0. The van der Waals surface area contributed by atoms with Gasteiger partial charge in [-0.15, -0.1) is 0 Å². The number of hydrogen-bond acceptors (Lipinski definition) is 6. The molecule has 0 spiro atoms. The Labute approximate surface area is 213 Å². The van der Waals surface area contributed by atoms with Crippen molar-refractivity contribution in [1.29, 1.82) is 0 Å². The van der Waals surface area contributed by atoms with E-state index in [-0.39, 0.29) is 11.8 Å². The Morgan fingerprint density at radius 1 is 0.528 bits per heavy atom. The molecule has 0 aromatic heterocycles. The number of ether oxygens (including phenoxy) is 2. The van der Waals surface area contributed by atoms with Crippen LogP contribution in [0, 0.1) is 0 Å². The average Bonchev–Trinajstić information content (AvgIpc) is 2.94. The fraction of sp³-hybridized carbons (Fsp3) is 0.500. The van der Waals surface area contributed by atoms with Gasteiger partial charge in [-0.25, -0.2) is 0 Å². The van der Waals surface area contributed by atoms with Crippen molar-refractivity contribution in [1.82, 2.24) is 19.6 Å². The van der Waals surface area contributed by atoms with Gasteiger partial charge in [0.2, 0.25) is 0 Å². The molecule has 3 fully saturated rings. The van der Waals surface area contributed by atoms with E-state index in [0.29, 0.717) is 37.3 Å². The predicted octanol–water partition coefficient (Wildman–Crippen LogP) is 1.95. The van der Waals surface area contributed by atoms with Crippen molar-refractivity contribution < 1.29 is 19.1 Å². The first-order valence-electron chi connectivity index (χ1n) is 13.0. The molecule has 0 N–H and O–H groups in total. The first-order valence-corrected chi connectivity index (χ1v) is 13.0. The molecule has 0 unspecified atom stereocenters. The van der Waals surface area contributed by atoms with Crippen molar-refractivity contribution in [2.75, 3.05) is 78.8 Å². The third-order valence-corrected chi connectivity index (χ3v) is 7.28. The summed E-state index contributed by atoms with van der Waals surface area (Å²) in [6.45, 7) is 10.9. The van der Waals surface area contributed by atoms with Crippen LogP contribution in [0.3, 0.4) is 0 Å². The van der Waals surface area contributed by atoms with E-state index in [1.54, 1.807) is 0 Å². The van der Waals surface area contributed by atoms with Gasteiger partial charge in [-0.1, -0.05) is 24.3 Å². The second kappa shape index (κ2) is 12.0. The number of piperazine rings is 1. The van der Waals surface area contributed by atoms with Crippen LogP contribution in [0.5, 0.6) is 0 Å². The van der Waals surface area contributed by atoms with Crippen molar-refractivity contribution in [2.24, 2.45) is 0 Å². The molecule has 2 aromatic carbocycles. The van der Waals surface area contributed by atoms with E-state index in [0.717, 1.165) is 65.7 Å². The van der Waals surface area contributed by atoms with Gasteiger partial charge >= 0.3 is 0 Å². The highest BCUT2D eigenvalue weighted by Gasteiger charge is 2.25. The Morgan fingerprint density at radius 3 is 1.19 bits per heavy atom. The number of nitrogens with zero attached hydrogens (tertiary/aromatic N) is 4. The van der Waals surface area contributed by atoms with Crippen LogP contribution in [0.2, 0.25) is 0 Å². The van der Waals surface area contributed by atoms with Gasteiger partial charge in [0.25, 0.3) is 11.8 Å². The number of carbonyl (C=O) groups is 2. The van der Waals surface area contributed by atoms with Crippen molar-refractivity contribution in [3.05, 3.63) is 70.8 Å². The Kier molecular flexibility index (Phi) is 8.28. The second-order valence-corrected chi connectivity index (χ2v) is 9.76. The van der Waals surface area contributed by atoms with Gasteiger partial charge in [0, 0.05) is 76.6 Å². The molecule has 0 radical (unpaired) electrons. The number of benzene rings is 2. The molecule has 192 valence electrons. The summed E-state index contributed by atoms with van der Waals surface area (Å²) in [6.07, 6.45) is 0. The zero-order valence-corrected chi connectivity index (χ0v) is 20.9. The molecule has 0 aliphatic carbocycles. The summed E-state index contributed by atoms with van der Waals surface area (Å²) < 4.78 is 10.8. The topological polar surface area (TPSA) is 65.6 Å². The summed E-state index contributed by atoms with van der Waals surface area (Å²) in [5.74, 6) is 0.0694. The maximum Gasteiger partial charge on any atom is 0.253 e. The summed E-state index contributed by atoms with van der Waals surface area (Å²) in [5, 5.41) is 0. The van der Waals surface area contributed by atoms with Crippen LogP contribution in [0.15, 0.2) is 48.5 Å². The summed E-state index contributed by atoms with van der Waals surface area (Å²) in [6, 6.07) is 15.9. The highest BCUT2D eigenvalue weighted by molar-refractivity contribution is 5.96. The van der Waals surface area contributed by atoms with Crippen molar-refractivity contribution in [3.63, 3.8) is 0 Å². The zero-order chi connectivity index (χ0) is 24.7. The van der Waals surface area contributed by atoms with Gasteiger partial charge < -0.3 is 19.3 Å². The van der Waals surface area contributed by atoms with Crippen molar-refractivity contribution >= 4 is 11.8 Å². The fourth-order valence-corrected chi connectivity index (χ4v) is 5.02. The molecule has 2 aromatic rings.